The van der Waals surface area contributed by atoms with Crippen molar-refractivity contribution in [3.05, 3.63) is 58.7 Å². The van der Waals surface area contributed by atoms with E-state index in [4.69, 9.17) is 4.42 Å². The van der Waals surface area contributed by atoms with Crippen LogP contribution in [-0.2, 0) is 19.3 Å². The Balaban J connectivity index is 1.54. The molecule has 9 nitrogen and oxygen atoms in total. The summed E-state index contributed by atoms with van der Waals surface area (Å²) < 4.78 is 11.5. The quantitative estimate of drug-likeness (QED) is 0.305. The molecule has 0 aliphatic heterocycles. The first-order chi connectivity index (χ1) is 14.2. The zero-order valence-electron chi connectivity index (χ0n) is 15.3. The van der Waals surface area contributed by atoms with Crippen molar-refractivity contribution in [2.45, 2.75) is 17.5 Å². The van der Waals surface area contributed by atoms with Gasteiger partial charge in [-0.05, 0) is 23.6 Å². The van der Waals surface area contributed by atoms with Crippen LogP contribution in [0.5, 0.6) is 0 Å². The van der Waals surface area contributed by atoms with Crippen LogP contribution in [0.2, 0.25) is 0 Å². The van der Waals surface area contributed by atoms with Crippen molar-refractivity contribution in [1.82, 2.24) is 33.9 Å². The molecular weight excluding hydrogens is 410 g/mol. The van der Waals surface area contributed by atoms with Gasteiger partial charge in [0, 0.05) is 13.6 Å². The summed E-state index contributed by atoms with van der Waals surface area (Å²) in [6.07, 6.45) is 3.39. The molecule has 0 amide bonds. The number of rotatable bonds is 6. The number of aryl methyl sites for hydroxylation is 1. The molecule has 0 N–H and O–H groups in total. The number of thioether (sulfide) groups is 1. The van der Waals surface area contributed by atoms with Gasteiger partial charge in [0.2, 0.25) is 11.6 Å². The third kappa shape index (κ3) is 2.81. The van der Waals surface area contributed by atoms with E-state index in [1.54, 1.807) is 19.4 Å². The van der Waals surface area contributed by atoms with Gasteiger partial charge in [0.05, 0.1) is 17.5 Å². The number of fused-ring (bicyclic) bond motifs is 3. The molecule has 5 aromatic heterocycles. The Morgan fingerprint density at radius 1 is 1.28 bits per heavy atom. The van der Waals surface area contributed by atoms with Crippen molar-refractivity contribution in [1.29, 1.82) is 0 Å². The maximum absolute atomic E-state index is 12.5. The lowest BCUT2D eigenvalue weighted by Gasteiger charge is -2.07. The van der Waals surface area contributed by atoms with Crippen molar-refractivity contribution in [2.24, 2.45) is 7.05 Å². The molecule has 0 unspecified atom stereocenters. The fourth-order valence-corrected chi connectivity index (χ4v) is 4.86. The Morgan fingerprint density at radius 2 is 2.17 bits per heavy atom. The fourth-order valence-electron chi connectivity index (χ4n) is 3.15. The Bertz CT molecular complexity index is 1390. The average Bonchev–Trinajstić information content (AvgIpc) is 3.50. The molecule has 146 valence electrons. The zero-order chi connectivity index (χ0) is 20.0. The third-order valence-corrected chi connectivity index (χ3v) is 6.35. The van der Waals surface area contributed by atoms with Gasteiger partial charge in [-0.1, -0.05) is 17.8 Å². The maximum Gasteiger partial charge on any atom is 0.272 e. The van der Waals surface area contributed by atoms with Crippen molar-refractivity contribution in [2.75, 3.05) is 0 Å². The van der Waals surface area contributed by atoms with Crippen LogP contribution in [0.15, 0.2) is 56.9 Å². The summed E-state index contributed by atoms with van der Waals surface area (Å²) in [5, 5.41) is 19.7. The first kappa shape index (κ1) is 17.9. The first-order valence-electron chi connectivity index (χ1n) is 8.70. The molecule has 0 saturated heterocycles. The van der Waals surface area contributed by atoms with Crippen LogP contribution in [0.3, 0.4) is 0 Å². The normalized spacial score (nSPS) is 11.6. The smallest absolute Gasteiger partial charge is 0.272 e. The number of aromatic nitrogens is 7. The van der Waals surface area contributed by atoms with Crippen LogP contribution in [0.25, 0.3) is 27.6 Å². The van der Waals surface area contributed by atoms with E-state index in [1.807, 2.05) is 32.5 Å². The molecule has 29 heavy (non-hydrogen) atoms. The minimum absolute atomic E-state index is 0.0667. The Kier molecular flexibility index (Phi) is 4.32. The summed E-state index contributed by atoms with van der Waals surface area (Å²) in [6, 6.07) is 5.58. The van der Waals surface area contributed by atoms with E-state index < -0.39 is 0 Å². The van der Waals surface area contributed by atoms with Crippen LogP contribution < -0.4 is 5.56 Å². The van der Waals surface area contributed by atoms with Crippen molar-refractivity contribution in [3.63, 3.8) is 0 Å². The summed E-state index contributed by atoms with van der Waals surface area (Å²) in [7, 11) is 1.71. The monoisotopic (exact) mass is 425 g/mol. The van der Waals surface area contributed by atoms with Gasteiger partial charge in [-0.15, -0.1) is 38.3 Å². The molecule has 0 aliphatic carbocycles. The van der Waals surface area contributed by atoms with E-state index in [0.717, 1.165) is 16.5 Å². The number of furan rings is 1. The molecule has 5 rings (SSSR count). The average molecular weight is 425 g/mol. The second-order valence-electron chi connectivity index (χ2n) is 6.22. The second-order valence-corrected chi connectivity index (χ2v) is 8.08. The molecule has 0 radical (unpaired) electrons. The topological polar surface area (TPSA) is 96.0 Å². The highest BCUT2D eigenvalue weighted by Crippen LogP contribution is 2.27. The summed E-state index contributed by atoms with van der Waals surface area (Å²) in [6.45, 7) is 4.37. The molecule has 0 atom stereocenters. The largest absolute Gasteiger partial charge is 0.461 e. The lowest BCUT2D eigenvalue weighted by atomic mass is 10.4. The van der Waals surface area contributed by atoms with Gasteiger partial charge >= 0.3 is 0 Å². The molecule has 0 spiro atoms. The predicted octanol–water partition coefficient (Wildman–Crippen LogP) is 2.97. The minimum Gasteiger partial charge on any atom is -0.461 e. The van der Waals surface area contributed by atoms with E-state index in [1.165, 1.54) is 27.7 Å². The summed E-state index contributed by atoms with van der Waals surface area (Å²) >= 11 is 2.91. The number of hydrogen-bond donors (Lipinski definition) is 0. The van der Waals surface area contributed by atoms with Crippen molar-refractivity contribution >= 4 is 39.1 Å². The summed E-state index contributed by atoms with van der Waals surface area (Å²) in [5.41, 5.74) is 0.750. The third-order valence-electron chi connectivity index (χ3n) is 4.50. The molecule has 0 saturated carbocycles. The first-order valence-corrected chi connectivity index (χ1v) is 10.6. The molecule has 0 bridgehead atoms. The molecule has 0 aromatic carbocycles. The van der Waals surface area contributed by atoms with Crippen molar-refractivity contribution in [3.8, 4) is 11.6 Å². The van der Waals surface area contributed by atoms with Gasteiger partial charge in [-0.3, -0.25) is 18.3 Å². The molecule has 5 heterocycles. The fraction of sp³-hybridized carbons (Fsp3) is 0.167. The van der Waals surface area contributed by atoms with Crippen molar-refractivity contribution < 1.29 is 4.42 Å². The van der Waals surface area contributed by atoms with Gasteiger partial charge in [-0.2, -0.15) is 0 Å². The highest BCUT2D eigenvalue weighted by Gasteiger charge is 2.19. The standard InChI is InChI=1S/C18H15N7O2S2/c1-3-7-24-15(12-5-4-8-27-12)20-22-18(24)29-10-13-19-21-17-23(2)16(26)14-11(25(13)17)6-9-28-14/h3-6,8-9H,1,7,10H2,2H3. The van der Waals surface area contributed by atoms with E-state index in [9.17, 15) is 4.79 Å². The van der Waals surface area contributed by atoms with E-state index in [2.05, 4.69) is 27.0 Å². The van der Waals surface area contributed by atoms with Gasteiger partial charge in [0.1, 0.15) is 10.5 Å². The van der Waals surface area contributed by atoms with Crippen LogP contribution >= 0.6 is 23.1 Å². The second kappa shape index (κ2) is 7.01. The van der Waals surface area contributed by atoms with Gasteiger partial charge in [0.15, 0.2) is 10.9 Å². The predicted molar refractivity (Wildman–Crippen MR) is 111 cm³/mol. The molecule has 5 aromatic rings. The van der Waals surface area contributed by atoms with Gasteiger partial charge in [-0.25, -0.2) is 0 Å². The highest BCUT2D eigenvalue weighted by molar-refractivity contribution is 7.98. The lowest BCUT2D eigenvalue weighted by molar-refractivity contribution is 0.569. The van der Waals surface area contributed by atoms with E-state index in [0.29, 0.717) is 34.4 Å². The number of nitrogens with zero attached hydrogens (tertiary/aromatic N) is 7. The Morgan fingerprint density at radius 3 is 2.97 bits per heavy atom. The molecule has 11 heteroatoms. The van der Waals surface area contributed by atoms with E-state index in [-0.39, 0.29) is 5.56 Å². The summed E-state index contributed by atoms with van der Waals surface area (Å²) in [4.78, 5) is 12.5. The molecule has 0 fully saturated rings. The van der Waals surface area contributed by atoms with Crippen LogP contribution in [0.4, 0.5) is 0 Å². The van der Waals surface area contributed by atoms with E-state index >= 15 is 0 Å². The van der Waals surface area contributed by atoms with Gasteiger partial charge in [0.25, 0.3) is 5.56 Å². The molecule has 0 aliphatic rings. The van der Waals surface area contributed by atoms with Crippen LogP contribution in [0, 0.1) is 0 Å². The van der Waals surface area contributed by atoms with Crippen LogP contribution in [0.1, 0.15) is 5.82 Å². The van der Waals surface area contributed by atoms with Crippen LogP contribution in [-0.4, -0.2) is 33.9 Å². The highest BCUT2D eigenvalue weighted by atomic mass is 32.2. The number of hydrogen-bond acceptors (Lipinski definition) is 8. The number of thiophene rings is 1. The number of allylic oxidation sites excluding steroid dienone is 1. The molecular formula is C18H15N7O2S2. The maximum atomic E-state index is 12.5. The Hall–Kier alpha value is -3.18. The lowest BCUT2D eigenvalue weighted by Crippen LogP contribution is -2.19. The SMILES string of the molecule is C=CCn1c(SCc2nnc3n(C)c(=O)c4sccc4n23)nnc1-c1ccco1. The Labute approximate surface area is 172 Å². The minimum atomic E-state index is -0.0667. The summed E-state index contributed by atoms with van der Waals surface area (Å²) in [5.74, 6) is 3.05. The zero-order valence-corrected chi connectivity index (χ0v) is 17.0. The van der Waals surface area contributed by atoms with Gasteiger partial charge < -0.3 is 4.42 Å².